The molecule has 2 aliphatic rings. The number of hydrogen-bond donors (Lipinski definition) is 2. The smallest absolute Gasteiger partial charge is 0.220 e. The largest absolute Gasteiger partial charge is 0.353 e. The van der Waals surface area contributed by atoms with Crippen molar-refractivity contribution in [2.24, 2.45) is 11.8 Å². The summed E-state index contributed by atoms with van der Waals surface area (Å²) in [6.45, 7) is 2.17. The highest BCUT2D eigenvalue weighted by atomic mass is 35.5. The third kappa shape index (κ3) is 5.34. The van der Waals surface area contributed by atoms with Crippen molar-refractivity contribution in [3.05, 3.63) is 34.9 Å². The van der Waals surface area contributed by atoms with Crippen LogP contribution < -0.4 is 10.6 Å². The molecule has 1 aromatic rings. The van der Waals surface area contributed by atoms with Crippen molar-refractivity contribution in [2.45, 2.75) is 70.4 Å². The van der Waals surface area contributed by atoms with Crippen molar-refractivity contribution in [3.63, 3.8) is 0 Å². The van der Waals surface area contributed by atoms with Crippen LogP contribution in [0.25, 0.3) is 0 Å². The summed E-state index contributed by atoms with van der Waals surface area (Å²) in [5.74, 6) is 0.977. The Morgan fingerprint density at radius 1 is 1.18 bits per heavy atom. The van der Waals surface area contributed by atoms with E-state index in [1.54, 1.807) is 24.3 Å². The van der Waals surface area contributed by atoms with E-state index in [4.69, 9.17) is 11.6 Å². The molecular weight excluding hydrogens is 376 g/mol. The summed E-state index contributed by atoms with van der Waals surface area (Å²) < 4.78 is 0. The topological polar surface area (TPSA) is 75.3 Å². The van der Waals surface area contributed by atoms with Gasteiger partial charge in [0.05, 0.1) is 0 Å². The summed E-state index contributed by atoms with van der Waals surface area (Å²) in [5.41, 5.74) is 0.574. The second-order valence-electron chi connectivity index (χ2n) is 8.10. The van der Waals surface area contributed by atoms with Crippen LogP contribution in [-0.4, -0.2) is 29.7 Å². The first-order valence-electron chi connectivity index (χ1n) is 10.3. The van der Waals surface area contributed by atoms with Crippen molar-refractivity contribution in [2.75, 3.05) is 0 Å². The number of fused-ring (bicyclic) bond motifs is 1. The number of amides is 2. The summed E-state index contributed by atoms with van der Waals surface area (Å²) >= 11 is 5.83. The van der Waals surface area contributed by atoms with Gasteiger partial charge in [-0.25, -0.2) is 0 Å². The van der Waals surface area contributed by atoms with Crippen LogP contribution in [0.15, 0.2) is 24.3 Å². The normalized spacial score (nSPS) is 26.9. The van der Waals surface area contributed by atoms with Gasteiger partial charge in [0.2, 0.25) is 11.8 Å². The van der Waals surface area contributed by atoms with Crippen molar-refractivity contribution in [1.29, 1.82) is 0 Å². The Bertz CT molecular complexity index is 719. The zero-order chi connectivity index (χ0) is 20.1. The third-order valence-electron chi connectivity index (χ3n) is 6.07. The van der Waals surface area contributed by atoms with Crippen LogP contribution in [-0.2, 0) is 9.59 Å². The lowest BCUT2D eigenvalue weighted by Crippen LogP contribution is -2.55. The molecule has 1 aromatic carbocycles. The minimum atomic E-state index is -0.0991. The van der Waals surface area contributed by atoms with E-state index in [1.807, 2.05) is 0 Å². The number of rotatable bonds is 7. The quantitative estimate of drug-likeness (QED) is 0.677. The van der Waals surface area contributed by atoms with Crippen LogP contribution in [0.5, 0.6) is 0 Å². The average molecular weight is 405 g/mol. The predicted molar refractivity (Wildman–Crippen MR) is 109 cm³/mol. The first-order chi connectivity index (χ1) is 13.5. The highest BCUT2D eigenvalue weighted by molar-refractivity contribution is 6.30. The first kappa shape index (κ1) is 20.8. The van der Waals surface area contributed by atoms with Gasteiger partial charge in [-0.2, -0.15) is 0 Å². The molecule has 28 heavy (non-hydrogen) atoms. The van der Waals surface area contributed by atoms with Crippen molar-refractivity contribution in [3.8, 4) is 0 Å². The molecule has 3 rings (SSSR count). The van der Waals surface area contributed by atoms with Crippen LogP contribution in [0, 0.1) is 11.8 Å². The molecule has 1 aliphatic heterocycles. The highest BCUT2D eigenvalue weighted by Crippen LogP contribution is 2.37. The molecule has 1 heterocycles. The molecule has 5 nitrogen and oxygen atoms in total. The fourth-order valence-corrected chi connectivity index (χ4v) is 4.83. The monoisotopic (exact) mass is 404 g/mol. The molecule has 1 saturated carbocycles. The van der Waals surface area contributed by atoms with Crippen LogP contribution >= 0.6 is 11.6 Å². The minimum Gasteiger partial charge on any atom is -0.353 e. The van der Waals surface area contributed by atoms with Crippen molar-refractivity contribution >= 4 is 29.2 Å². The van der Waals surface area contributed by atoms with Gasteiger partial charge in [0.25, 0.3) is 0 Å². The number of benzene rings is 1. The Balaban J connectivity index is 1.46. The van der Waals surface area contributed by atoms with Gasteiger partial charge in [0.15, 0.2) is 5.78 Å². The summed E-state index contributed by atoms with van der Waals surface area (Å²) in [7, 11) is 0. The Morgan fingerprint density at radius 3 is 2.64 bits per heavy atom. The third-order valence-corrected chi connectivity index (χ3v) is 6.33. The standard InChI is InChI=1S/C22H29ClN2O3/c1-2-3-15-12-22(28)25-19-13-17(8-9-18(15)19)24-21(27)11-10-20(26)14-4-6-16(23)7-5-14/h4-7,15,17-19H,2-3,8-13H2,1H3,(H,24,27)(H,25,28). The first-order valence-corrected chi connectivity index (χ1v) is 10.7. The maximum Gasteiger partial charge on any atom is 0.220 e. The van der Waals surface area contributed by atoms with E-state index in [2.05, 4.69) is 17.6 Å². The predicted octanol–water partition coefficient (Wildman–Crippen LogP) is 3.89. The van der Waals surface area contributed by atoms with Crippen molar-refractivity contribution < 1.29 is 14.4 Å². The molecule has 0 radical (unpaired) electrons. The van der Waals surface area contributed by atoms with E-state index >= 15 is 0 Å². The number of nitrogens with one attached hydrogen (secondary N) is 2. The van der Waals surface area contributed by atoms with Gasteiger partial charge < -0.3 is 10.6 Å². The molecule has 0 aromatic heterocycles. The molecule has 0 bridgehead atoms. The molecular formula is C22H29ClN2O3. The van der Waals surface area contributed by atoms with Gasteiger partial charge in [-0.3, -0.25) is 14.4 Å². The second-order valence-corrected chi connectivity index (χ2v) is 8.53. The summed E-state index contributed by atoms with van der Waals surface area (Å²) in [6, 6.07) is 6.95. The Kier molecular flexibility index (Phi) is 7.11. The maximum absolute atomic E-state index is 12.3. The number of carbonyl (C=O) groups excluding carboxylic acids is 3. The number of carbonyl (C=O) groups is 3. The second kappa shape index (κ2) is 9.55. The minimum absolute atomic E-state index is 0.0579. The number of halogens is 1. The van der Waals surface area contributed by atoms with E-state index in [-0.39, 0.29) is 42.5 Å². The summed E-state index contributed by atoms with van der Waals surface area (Å²) in [6.07, 6.45) is 5.95. The molecule has 0 spiro atoms. The Morgan fingerprint density at radius 2 is 1.93 bits per heavy atom. The molecule has 4 unspecified atom stereocenters. The molecule has 4 atom stereocenters. The molecule has 2 amide bonds. The van der Waals surface area contributed by atoms with E-state index in [9.17, 15) is 14.4 Å². The Hall–Kier alpha value is -1.88. The molecule has 6 heteroatoms. The maximum atomic E-state index is 12.3. The highest BCUT2D eigenvalue weighted by Gasteiger charge is 2.40. The number of Topliss-reactive ketones (excluding diaryl/α,β-unsaturated/α-hetero) is 1. The zero-order valence-electron chi connectivity index (χ0n) is 16.4. The SMILES string of the molecule is CCCC1CC(=O)NC2CC(NC(=O)CCC(=O)c3ccc(Cl)cc3)CCC12. The van der Waals surface area contributed by atoms with E-state index in [0.717, 1.165) is 32.1 Å². The van der Waals surface area contributed by atoms with E-state index < -0.39 is 0 Å². The lowest BCUT2D eigenvalue weighted by atomic mass is 9.70. The number of hydrogen-bond acceptors (Lipinski definition) is 3. The molecule has 2 fully saturated rings. The van der Waals surface area contributed by atoms with Gasteiger partial charge in [0.1, 0.15) is 0 Å². The van der Waals surface area contributed by atoms with E-state index in [0.29, 0.717) is 28.8 Å². The van der Waals surface area contributed by atoms with Crippen LogP contribution in [0.4, 0.5) is 0 Å². The fourth-order valence-electron chi connectivity index (χ4n) is 4.70. The summed E-state index contributed by atoms with van der Waals surface area (Å²) in [4.78, 5) is 36.5. The van der Waals surface area contributed by atoms with Crippen LogP contribution in [0.1, 0.15) is 68.6 Å². The molecule has 1 saturated heterocycles. The van der Waals surface area contributed by atoms with Crippen LogP contribution in [0.3, 0.4) is 0 Å². The zero-order valence-corrected chi connectivity index (χ0v) is 17.1. The van der Waals surface area contributed by atoms with Gasteiger partial charge >= 0.3 is 0 Å². The van der Waals surface area contributed by atoms with Gasteiger partial charge in [0, 0.05) is 41.9 Å². The van der Waals surface area contributed by atoms with Gasteiger partial charge in [-0.05, 0) is 61.8 Å². The van der Waals surface area contributed by atoms with E-state index in [1.165, 1.54) is 0 Å². The lowest BCUT2D eigenvalue weighted by molar-refractivity contribution is -0.127. The molecule has 1 aliphatic carbocycles. The Labute approximate surface area is 171 Å². The van der Waals surface area contributed by atoms with Gasteiger partial charge in [-0.1, -0.05) is 24.9 Å². The number of piperidine rings is 1. The number of ketones is 1. The van der Waals surface area contributed by atoms with Crippen molar-refractivity contribution in [1.82, 2.24) is 10.6 Å². The fraction of sp³-hybridized carbons (Fsp3) is 0.591. The molecule has 2 N–H and O–H groups in total. The molecule has 152 valence electrons. The average Bonchev–Trinajstić information content (AvgIpc) is 2.66. The van der Waals surface area contributed by atoms with Gasteiger partial charge in [-0.15, -0.1) is 0 Å². The summed E-state index contributed by atoms with van der Waals surface area (Å²) in [5, 5.41) is 6.78. The van der Waals surface area contributed by atoms with Crippen LogP contribution in [0.2, 0.25) is 5.02 Å². The lowest BCUT2D eigenvalue weighted by Gasteiger charge is -2.44.